The van der Waals surface area contributed by atoms with Gasteiger partial charge < -0.3 is 10.4 Å². The molecule has 1 aliphatic rings. The molecule has 1 fully saturated rings. The number of carbonyl (C=O) groups is 2. The highest BCUT2D eigenvalue weighted by molar-refractivity contribution is 5.81. The van der Waals surface area contributed by atoms with Crippen LogP contribution in [0.1, 0.15) is 60.9 Å². The second-order valence-corrected chi connectivity index (χ2v) is 8.29. The Hall–Kier alpha value is -2.77. The van der Waals surface area contributed by atoms with Crippen molar-refractivity contribution in [2.45, 2.75) is 72.3 Å². The van der Waals surface area contributed by atoms with Gasteiger partial charge in [0.15, 0.2) is 0 Å². The molecule has 1 aliphatic carbocycles. The lowest BCUT2D eigenvalue weighted by molar-refractivity contribution is -0.146. The standard InChI is InChI=1S/C21H29N5O3/c1-12-10-13(2)23-20(22-12)26-15(4)16(14(3)25-26)11-18(27)24-21(5)9-7-6-8-17(21)19(28)29/h10,17H,6-9,11H2,1-5H3,(H,24,27)(H,28,29). The summed E-state index contributed by atoms with van der Waals surface area (Å²) in [5.41, 5.74) is 3.34. The van der Waals surface area contributed by atoms with Gasteiger partial charge in [0, 0.05) is 22.6 Å². The number of carboxylic acid groups (broad SMARTS) is 1. The Morgan fingerprint density at radius 1 is 1.21 bits per heavy atom. The van der Waals surface area contributed by atoms with Gasteiger partial charge in [-0.25, -0.2) is 14.6 Å². The fourth-order valence-electron chi connectivity index (χ4n) is 4.33. The van der Waals surface area contributed by atoms with Crippen LogP contribution in [0.3, 0.4) is 0 Å². The van der Waals surface area contributed by atoms with Crippen LogP contribution in [-0.2, 0) is 16.0 Å². The summed E-state index contributed by atoms with van der Waals surface area (Å²) in [6.07, 6.45) is 3.20. The van der Waals surface area contributed by atoms with Crippen LogP contribution in [0.4, 0.5) is 0 Å². The fraction of sp³-hybridized carbons (Fsp3) is 0.571. The van der Waals surface area contributed by atoms with Gasteiger partial charge >= 0.3 is 5.97 Å². The molecule has 2 heterocycles. The molecule has 1 saturated carbocycles. The molecule has 0 saturated heterocycles. The van der Waals surface area contributed by atoms with Crippen LogP contribution in [-0.4, -0.2) is 42.3 Å². The van der Waals surface area contributed by atoms with Gasteiger partial charge in [-0.15, -0.1) is 0 Å². The van der Waals surface area contributed by atoms with Crippen LogP contribution in [0.2, 0.25) is 0 Å². The fourth-order valence-corrected chi connectivity index (χ4v) is 4.33. The first-order valence-corrected chi connectivity index (χ1v) is 10.0. The molecule has 8 nitrogen and oxygen atoms in total. The lowest BCUT2D eigenvalue weighted by Gasteiger charge is -2.39. The average molecular weight is 399 g/mol. The van der Waals surface area contributed by atoms with Crippen LogP contribution in [0.25, 0.3) is 5.95 Å². The number of amides is 1. The van der Waals surface area contributed by atoms with E-state index in [4.69, 9.17) is 0 Å². The highest BCUT2D eigenvalue weighted by atomic mass is 16.4. The van der Waals surface area contributed by atoms with E-state index in [2.05, 4.69) is 20.4 Å². The number of hydrogen-bond acceptors (Lipinski definition) is 5. The van der Waals surface area contributed by atoms with E-state index in [9.17, 15) is 14.7 Å². The van der Waals surface area contributed by atoms with Crippen molar-refractivity contribution in [3.63, 3.8) is 0 Å². The molecule has 2 N–H and O–H groups in total. The third-order valence-electron chi connectivity index (χ3n) is 5.87. The van der Waals surface area contributed by atoms with Gasteiger partial charge in [-0.1, -0.05) is 12.8 Å². The average Bonchev–Trinajstić information content (AvgIpc) is 2.88. The molecule has 1 amide bonds. The van der Waals surface area contributed by atoms with Crippen molar-refractivity contribution in [3.05, 3.63) is 34.4 Å². The summed E-state index contributed by atoms with van der Waals surface area (Å²) in [5, 5.41) is 17.1. The summed E-state index contributed by atoms with van der Waals surface area (Å²) in [7, 11) is 0. The first kappa shape index (κ1) is 21.0. The van der Waals surface area contributed by atoms with Crippen molar-refractivity contribution >= 4 is 11.9 Å². The second kappa shape index (κ2) is 7.93. The minimum Gasteiger partial charge on any atom is -0.481 e. The summed E-state index contributed by atoms with van der Waals surface area (Å²) in [6.45, 7) is 9.41. The lowest BCUT2D eigenvalue weighted by Crippen LogP contribution is -2.55. The van der Waals surface area contributed by atoms with Crippen molar-refractivity contribution in [2.24, 2.45) is 5.92 Å². The van der Waals surface area contributed by atoms with Gasteiger partial charge in [0.1, 0.15) is 0 Å². The summed E-state index contributed by atoms with van der Waals surface area (Å²) in [4.78, 5) is 33.4. The monoisotopic (exact) mass is 399 g/mol. The number of aromatic nitrogens is 4. The molecular weight excluding hydrogens is 370 g/mol. The van der Waals surface area contributed by atoms with Crippen molar-refractivity contribution in [1.82, 2.24) is 25.1 Å². The Kier molecular flexibility index (Phi) is 5.73. The van der Waals surface area contributed by atoms with Gasteiger partial charge in [-0.2, -0.15) is 5.10 Å². The Balaban J connectivity index is 1.82. The van der Waals surface area contributed by atoms with E-state index < -0.39 is 17.4 Å². The normalized spacial score (nSPS) is 21.8. The molecule has 0 aromatic carbocycles. The summed E-state index contributed by atoms with van der Waals surface area (Å²) >= 11 is 0. The molecule has 0 spiro atoms. The summed E-state index contributed by atoms with van der Waals surface area (Å²) in [5.74, 6) is -1.11. The third-order valence-corrected chi connectivity index (χ3v) is 5.87. The number of carboxylic acids is 1. The number of rotatable bonds is 5. The molecule has 156 valence electrons. The predicted molar refractivity (Wildman–Crippen MR) is 108 cm³/mol. The molecule has 2 aromatic rings. The second-order valence-electron chi connectivity index (χ2n) is 8.29. The Bertz CT molecular complexity index is 932. The van der Waals surface area contributed by atoms with E-state index in [1.54, 1.807) is 4.68 Å². The molecular formula is C21H29N5O3. The van der Waals surface area contributed by atoms with Gasteiger partial charge in [0.2, 0.25) is 5.91 Å². The molecule has 29 heavy (non-hydrogen) atoms. The van der Waals surface area contributed by atoms with Gasteiger partial charge in [0.05, 0.1) is 23.6 Å². The predicted octanol–water partition coefficient (Wildman–Crippen LogP) is 2.59. The maximum atomic E-state index is 12.8. The topological polar surface area (TPSA) is 110 Å². The van der Waals surface area contributed by atoms with E-state index >= 15 is 0 Å². The first-order valence-electron chi connectivity index (χ1n) is 10.0. The van der Waals surface area contributed by atoms with E-state index in [0.717, 1.165) is 41.2 Å². The summed E-state index contributed by atoms with van der Waals surface area (Å²) in [6, 6.07) is 1.90. The number of aryl methyl sites for hydroxylation is 3. The van der Waals surface area contributed by atoms with Gasteiger partial charge in [-0.05, 0) is 53.5 Å². The molecule has 0 aliphatic heterocycles. The first-order chi connectivity index (χ1) is 13.6. The highest BCUT2D eigenvalue weighted by Crippen LogP contribution is 2.34. The van der Waals surface area contributed by atoms with Crippen LogP contribution >= 0.6 is 0 Å². The van der Waals surface area contributed by atoms with Crippen molar-refractivity contribution in [2.75, 3.05) is 0 Å². The van der Waals surface area contributed by atoms with E-state index in [1.807, 2.05) is 40.7 Å². The number of aliphatic carboxylic acids is 1. The minimum atomic E-state index is -0.848. The Morgan fingerprint density at radius 3 is 2.48 bits per heavy atom. The van der Waals surface area contributed by atoms with Gasteiger partial charge in [-0.3, -0.25) is 9.59 Å². The molecule has 2 aromatic heterocycles. The number of nitrogens with one attached hydrogen (secondary N) is 1. The Labute approximate surface area is 170 Å². The quantitative estimate of drug-likeness (QED) is 0.800. The largest absolute Gasteiger partial charge is 0.481 e. The maximum Gasteiger partial charge on any atom is 0.308 e. The van der Waals surface area contributed by atoms with Crippen molar-refractivity contribution < 1.29 is 14.7 Å². The third kappa shape index (κ3) is 4.31. The molecule has 8 heteroatoms. The highest BCUT2D eigenvalue weighted by Gasteiger charge is 2.42. The maximum absolute atomic E-state index is 12.8. The molecule has 3 rings (SSSR count). The molecule has 2 unspecified atom stereocenters. The molecule has 0 radical (unpaired) electrons. The SMILES string of the molecule is Cc1cc(C)nc(-n2nc(C)c(CC(=O)NC3(C)CCCCC3C(=O)O)c2C)n1. The zero-order valence-electron chi connectivity index (χ0n) is 17.7. The van der Waals surface area contributed by atoms with Crippen molar-refractivity contribution in [1.29, 1.82) is 0 Å². The van der Waals surface area contributed by atoms with E-state index in [1.165, 1.54) is 0 Å². The van der Waals surface area contributed by atoms with Crippen molar-refractivity contribution in [3.8, 4) is 5.95 Å². The van der Waals surface area contributed by atoms with Crippen LogP contribution < -0.4 is 5.32 Å². The molecule has 0 bridgehead atoms. The van der Waals surface area contributed by atoms with Crippen LogP contribution in [0.15, 0.2) is 6.07 Å². The number of hydrogen-bond donors (Lipinski definition) is 2. The van der Waals surface area contributed by atoms with Crippen LogP contribution in [0.5, 0.6) is 0 Å². The minimum absolute atomic E-state index is 0.143. The van der Waals surface area contributed by atoms with Crippen LogP contribution in [0, 0.1) is 33.6 Å². The van der Waals surface area contributed by atoms with Gasteiger partial charge in [0.25, 0.3) is 5.95 Å². The zero-order valence-corrected chi connectivity index (χ0v) is 17.7. The number of nitrogens with zero attached hydrogens (tertiary/aromatic N) is 4. The lowest BCUT2D eigenvalue weighted by atomic mass is 9.74. The summed E-state index contributed by atoms with van der Waals surface area (Å²) < 4.78 is 1.67. The van der Waals surface area contributed by atoms with E-state index in [0.29, 0.717) is 18.8 Å². The molecule has 2 atom stereocenters. The smallest absolute Gasteiger partial charge is 0.308 e. The zero-order chi connectivity index (χ0) is 21.3. The van der Waals surface area contributed by atoms with E-state index in [-0.39, 0.29) is 12.3 Å². The Morgan fingerprint density at radius 2 is 1.86 bits per heavy atom. The number of carbonyl (C=O) groups excluding carboxylic acids is 1.